The Labute approximate surface area is 173 Å². The highest BCUT2D eigenvalue weighted by Crippen LogP contribution is 2.44. The Bertz CT molecular complexity index is 1150. The fraction of sp³-hybridized carbons (Fsp3) is 0.160. The van der Waals surface area contributed by atoms with Crippen molar-refractivity contribution in [1.82, 2.24) is 0 Å². The Morgan fingerprint density at radius 3 is 2.27 bits per heavy atom. The standard InChI is InChI=1S/C25H20F2N2O/c26-17-11-9-15(10-12-17)16-13-22-24(23(30)14-16)25(18-5-1-2-6-19(18)27)29-21-8-4-3-7-20(21)28-22/h1-12,16,25,28-29H,13-14H2. The highest BCUT2D eigenvalue weighted by molar-refractivity contribution is 6.01. The summed E-state index contributed by atoms with van der Waals surface area (Å²) in [6.45, 7) is 0. The molecule has 1 heterocycles. The second-order valence-corrected chi connectivity index (χ2v) is 7.74. The average Bonchev–Trinajstić information content (AvgIpc) is 2.91. The lowest BCUT2D eigenvalue weighted by molar-refractivity contribution is -0.116. The Balaban J connectivity index is 1.62. The van der Waals surface area contributed by atoms with Crippen LogP contribution >= 0.6 is 0 Å². The molecule has 5 rings (SSSR count). The van der Waals surface area contributed by atoms with Crippen LogP contribution in [-0.2, 0) is 4.79 Å². The number of benzene rings is 3. The summed E-state index contributed by atoms with van der Waals surface area (Å²) in [5.41, 5.74) is 4.37. The van der Waals surface area contributed by atoms with E-state index in [9.17, 15) is 13.6 Å². The molecule has 0 saturated carbocycles. The Kier molecular flexibility index (Phi) is 4.58. The number of hydrogen-bond acceptors (Lipinski definition) is 3. The van der Waals surface area contributed by atoms with Gasteiger partial charge in [0.2, 0.25) is 0 Å². The van der Waals surface area contributed by atoms with E-state index in [1.165, 1.54) is 18.2 Å². The van der Waals surface area contributed by atoms with Crippen LogP contribution in [0.3, 0.4) is 0 Å². The minimum Gasteiger partial charge on any atom is -0.372 e. The Hall–Kier alpha value is -3.47. The summed E-state index contributed by atoms with van der Waals surface area (Å²) < 4.78 is 28.1. The highest BCUT2D eigenvalue weighted by Gasteiger charge is 2.36. The van der Waals surface area contributed by atoms with Gasteiger partial charge in [-0.3, -0.25) is 4.79 Å². The lowest BCUT2D eigenvalue weighted by Gasteiger charge is -2.30. The molecule has 2 atom stereocenters. The van der Waals surface area contributed by atoms with Crippen LogP contribution in [0.5, 0.6) is 0 Å². The number of fused-ring (bicyclic) bond motifs is 1. The number of rotatable bonds is 2. The molecular formula is C25H20F2N2O. The molecular weight excluding hydrogens is 382 g/mol. The van der Waals surface area contributed by atoms with Gasteiger partial charge in [-0.15, -0.1) is 0 Å². The predicted octanol–water partition coefficient (Wildman–Crippen LogP) is 5.94. The number of Topliss-reactive ketones (excluding diaryl/α,β-unsaturated/α-hetero) is 1. The van der Waals surface area contributed by atoms with E-state index in [0.29, 0.717) is 24.0 Å². The molecule has 3 aromatic carbocycles. The predicted molar refractivity (Wildman–Crippen MR) is 113 cm³/mol. The lowest BCUT2D eigenvalue weighted by Crippen LogP contribution is -2.27. The summed E-state index contributed by atoms with van der Waals surface area (Å²) in [6, 6.07) is 19.9. The van der Waals surface area contributed by atoms with Gasteiger partial charge in [-0.1, -0.05) is 42.5 Å². The first kappa shape index (κ1) is 18.6. The number of nitrogens with one attached hydrogen (secondary N) is 2. The smallest absolute Gasteiger partial charge is 0.163 e. The molecule has 0 radical (unpaired) electrons. The van der Waals surface area contributed by atoms with Crippen LogP contribution in [0.1, 0.15) is 35.9 Å². The van der Waals surface area contributed by atoms with Gasteiger partial charge in [-0.05, 0) is 48.2 Å². The molecule has 3 aromatic rings. The fourth-order valence-corrected chi connectivity index (χ4v) is 4.41. The van der Waals surface area contributed by atoms with Crippen LogP contribution in [0.15, 0.2) is 84.1 Å². The van der Waals surface area contributed by atoms with E-state index in [2.05, 4.69) is 10.6 Å². The Morgan fingerprint density at radius 2 is 1.50 bits per heavy atom. The third-order valence-corrected chi connectivity index (χ3v) is 5.87. The zero-order valence-electron chi connectivity index (χ0n) is 16.2. The van der Waals surface area contributed by atoms with Gasteiger partial charge >= 0.3 is 0 Å². The molecule has 0 fully saturated rings. The minimum absolute atomic E-state index is 0.0355. The van der Waals surface area contributed by atoms with Crippen molar-refractivity contribution in [1.29, 1.82) is 0 Å². The number of halogens is 2. The molecule has 2 N–H and O–H groups in total. The molecule has 2 aliphatic rings. The first-order valence-electron chi connectivity index (χ1n) is 9.99. The molecule has 2 unspecified atom stereocenters. The average molecular weight is 402 g/mol. The quantitative estimate of drug-likeness (QED) is 0.557. The second-order valence-electron chi connectivity index (χ2n) is 7.74. The zero-order valence-corrected chi connectivity index (χ0v) is 16.2. The minimum atomic E-state index is -0.584. The van der Waals surface area contributed by atoms with E-state index >= 15 is 0 Å². The summed E-state index contributed by atoms with van der Waals surface area (Å²) in [5.74, 6) is -0.747. The van der Waals surface area contributed by atoms with Gasteiger partial charge in [0.1, 0.15) is 11.6 Å². The first-order valence-corrected chi connectivity index (χ1v) is 9.99. The van der Waals surface area contributed by atoms with E-state index in [1.807, 2.05) is 24.3 Å². The maximum absolute atomic E-state index is 14.7. The van der Waals surface area contributed by atoms with E-state index in [0.717, 1.165) is 22.6 Å². The van der Waals surface area contributed by atoms with Crippen molar-refractivity contribution in [2.24, 2.45) is 0 Å². The molecule has 5 heteroatoms. The zero-order chi connectivity index (χ0) is 20.7. The van der Waals surface area contributed by atoms with Gasteiger partial charge in [0.25, 0.3) is 0 Å². The number of para-hydroxylation sites is 2. The van der Waals surface area contributed by atoms with Gasteiger partial charge < -0.3 is 10.6 Å². The number of carbonyl (C=O) groups excluding carboxylic acids is 1. The highest BCUT2D eigenvalue weighted by atomic mass is 19.1. The second kappa shape index (κ2) is 7.41. The SMILES string of the molecule is O=C1CC(c2ccc(F)cc2)CC2=C1C(c1ccccc1F)Nc1ccccc1N2. The van der Waals surface area contributed by atoms with E-state index in [-0.39, 0.29) is 23.3 Å². The van der Waals surface area contributed by atoms with Crippen LogP contribution < -0.4 is 10.6 Å². The summed E-state index contributed by atoms with van der Waals surface area (Å²) in [7, 11) is 0. The van der Waals surface area contributed by atoms with E-state index < -0.39 is 6.04 Å². The van der Waals surface area contributed by atoms with Crippen LogP contribution in [0, 0.1) is 11.6 Å². The Morgan fingerprint density at radius 1 is 0.800 bits per heavy atom. The van der Waals surface area contributed by atoms with Crippen molar-refractivity contribution < 1.29 is 13.6 Å². The van der Waals surface area contributed by atoms with Gasteiger partial charge in [-0.25, -0.2) is 8.78 Å². The van der Waals surface area contributed by atoms with Crippen LogP contribution in [0.4, 0.5) is 20.2 Å². The molecule has 0 saturated heterocycles. The first-order chi connectivity index (χ1) is 14.6. The van der Waals surface area contributed by atoms with Crippen LogP contribution in [-0.4, -0.2) is 5.78 Å². The van der Waals surface area contributed by atoms with Gasteiger partial charge in [-0.2, -0.15) is 0 Å². The van der Waals surface area contributed by atoms with Crippen molar-refractivity contribution >= 4 is 17.2 Å². The molecule has 1 aliphatic carbocycles. The van der Waals surface area contributed by atoms with Crippen LogP contribution in [0.25, 0.3) is 0 Å². The third-order valence-electron chi connectivity index (χ3n) is 5.87. The largest absolute Gasteiger partial charge is 0.372 e. The number of anilines is 2. The molecule has 0 aromatic heterocycles. The van der Waals surface area contributed by atoms with Gasteiger partial charge in [0.05, 0.1) is 17.4 Å². The van der Waals surface area contributed by atoms with Crippen molar-refractivity contribution in [2.45, 2.75) is 24.8 Å². The summed E-state index contributed by atoms with van der Waals surface area (Å²) in [5, 5.41) is 6.80. The molecule has 0 amide bonds. The topological polar surface area (TPSA) is 41.1 Å². The summed E-state index contributed by atoms with van der Waals surface area (Å²) >= 11 is 0. The monoisotopic (exact) mass is 402 g/mol. The molecule has 150 valence electrons. The molecule has 0 spiro atoms. The summed E-state index contributed by atoms with van der Waals surface area (Å²) in [4.78, 5) is 13.3. The van der Waals surface area contributed by atoms with E-state index in [4.69, 9.17) is 0 Å². The summed E-state index contributed by atoms with van der Waals surface area (Å²) in [6.07, 6.45) is 0.892. The number of hydrogen-bond donors (Lipinski definition) is 2. The fourth-order valence-electron chi connectivity index (χ4n) is 4.41. The maximum atomic E-state index is 14.7. The number of carbonyl (C=O) groups is 1. The van der Waals surface area contributed by atoms with E-state index in [1.54, 1.807) is 30.3 Å². The van der Waals surface area contributed by atoms with Crippen LogP contribution in [0.2, 0.25) is 0 Å². The number of allylic oxidation sites excluding steroid dienone is 1. The normalized spacial score (nSPS) is 20.5. The van der Waals surface area contributed by atoms with Crippen molar-refractivity contribution in [3.05, 3.63) is 107 Å². The van der Waals surface area contributed by atoms with Gasteiger partial charge in [0.15, 0.2) is 5.78 Å². The van der Waals surface area contributed by atoms with Crippen molar-refractivity contribution in [3.8, 4) is 0 Å². The number of ketones is 1. The maximum Gasteiger partial charge on any atom is 0.163 e. The lowest BCUT2D eigenvalue weighted by atomic mass is 9.78. The molecule has 30 heavy (non-hydrogen) atoms. The van der Waals surface area contributed by atoms with Crippen molar-refractivity contribution in [2.75, 3.05) is 10.6 Å². The molecule has 0 bridgehead atoms. The third kappa shape index (κ3) is 3.26. The molecule has 3 nitrogen and oxygen atoms in total. The van der Waals surface area contributed by atoms with Crippen molar-refractivity contribution in [3.63, 3.8) is 0 Å². The van der Waals surface area contributed by atoms with Gasteiger partial charge in [0, 0.05) is 23.3 Å². The molecule has 1 aliphatic heterocycles.